The Hall–Kier alpha value is -1.55. The van der Waals surface area contributed by atoms with Gasteiger partial charge in [0.05, 0.1) is 5.56 Å². The van der Waals surface area contributed by atoms with E-state index in [2.05, 4.69) is 9.80 Å². The van der Waals surface area contributed by atoms with Crippen molar-refractivity contribution in [3.8, 4) is 5.75 Å². The second-order valence-corrected chi connectivity index (χ2v) is 5.89. The van der Waals surface area contributed by atoms with Crippen LogP contribution in [0, 0.1) is 0 Å². The number of hydrogen-bond acceptors (Lipinski definition) is 4. The van der Waals surface area contributed by atoms with Crippen molar-refractivity contribution in [3.63, 3.8) is 0 Å². The number of carbonyl (C=O) groups excluding carboxylic acids is 1. The smallest absolute Gasteiger partial charge is 0.163 e. The second-order valence-electron chi connectivity index (χ2n) is 5.89. The van der Waals surface area contributed by atoms with Crippen LogP contribution in [0.25, 0.3) is 0 Å². The molecule has 2 saturated heterocycles. The average molecular weight is 274 g/mol. The number of Topliss-reactive ketones (excluding diaryl/α,β-unsaturated/α-hetero) is 1. The number of nitrogens with zero attached hydrogens (tertiary/aromatic N) is 2. The summed E-state index contributed by atoms with van der Waals surface area (Å²) in [5.74, 6) is 0.00669. The van der Waals surface area contributed by atoms with Crippen LogP contribution in [0.2, 0.25) is 0 Å². The minimum absolute atomic E-state index is 0.0915. The zero-order valence-corrected chi connectivity index (χ0v) is 12.0. The maximum absolute atomic E-state index is 11.4. The first-order chi connectivity index (χ1) is 9.65. The Labute approximate surface area is 120 Å². The molecule has 4 nitrogen and oxygen atoms in total. The maximum Gasteiger partial charge on any atom is 0.163 e. The molecule has 2 heterocycles. The summed E-state index contributed by atoms with van der Waals surface area (Å²) in [6.07, 6.45) is 3.92. The highest BCUT2D eigenvalue weighted by Crippen LogP contribution is 2.29. The Kier molecular flexibility index (Phi) is 3.66. The van der Waals surface area contributed by atoms with Gasteiger partial charge in [0.25, 0.3) is 0 Å². The molecule has 2 fully saturated rings. The third-order valence-electron chi connectivity index (χ3n) is 4.56. The van der Waals surface area contributed by atoms with Crippen molar-refractivity contribution in [3.05, 3.63) is 23.8 Å². The lowest BCUT2D eigenvalue weighted by Crippen LogP contribution is -2.54. The number of phenolic OH excluding ortho intramolecular Hbond substituents is 1. The lowest BCUT2D eigenvalue weighted by Gasteiger charge is -2.45. The highest BCUT2D eigenvalue weighted by molar-refractivity contribution is 5.97. The van der Waals surface area contributed by atoms with Crippen molar-refractivity contribution in [2.75, 3.05) is 31.1 Å². The van der Waals surface area contributed by atoms with Crippen molar-refractivity contribution in [1.29, 1.82) is 0 Å². The number of phenols is 1. The number of piperazine rings is 1. The number of benzene rings is 1. The lowest BCUT2D eigenvalue weighted by molar-refractivity contribution is 0.101. The van der Waals surface area contributed by atoms with Gasteiger partial charge in [-0.15, -0.1) is 0 Å². The monoisotopic (exact) mass is 274 g/mol. The molecular formula is C16H22N2O2. The number of aromatic hydroxyl groups is 1. The highest BCUT2D eigenvalue weighted by Gasteiger charge is 2.29. The van der Waals surface area contributed by atoms with E-state index in [0.29, 0.717) is 11.6 Å². The third kappa shape index (κ3) is 2.52. The summed E-state index contributed by atoms with van der Waals surface area (Å²) in [5, 5.41) is 9.97. The van der Waals surface area contributed by atoms with Gasteiger partial charge >= 0.3 is 0 Å². The molecule has 2 aliphatic rings. The number of anilines is 1. The summed E-state index contributed by atoms with van der Waals surface area (Å²) >= 11 is 0. The van der Waals surface area contributed by atoms with Crippen molar-refractivity contribution < 1.29 is 9.90 Å². The Morgan fingerprint density at radius 1 is 1.25 bits per heavy atom. The van der Waals surface area contributed by atoms with Gasteiger partial charge in [0.15, 0.2) is 5.78 Å². The van der Waals surface area contributed by atoms with Crippen molar-refractivity contribution in [2.24, 2.45) is 0 Å². The van der Waals surface area contributed by atoms with Gasteiger partial charge in [-0.2, -0.15) is 0 Å². The second kappa shape index (κ2) is 5.44. The number of hydrogen-bond donors (Lipinski definition) is 1. The van der Waals surface area contributed by atoms with Gasteiger partial charge in [0.2, 0.25) is 0 Å². The number of piperidine rings is 1. The molecule has 0 aromatic heterocycles. The molecule has 4 heteroatoms. The molecule has 3 rings (SSSR count). The van der Waals surface area contributed by atoms with Gasteiger partial charge in [0, 0.05) is 37.4 Å². The standard InChI is InChI=1S/C16H22N2O2/c1-12(19)15-6-5-13(10-16(15)20)18-9-8-17-7-3-2-4-14(17)11-18/h5-6,10,14,20H,2-4,7-9,11H2,1H3. The number of fused-ring (bicyclic) bond motifs is 1. The molecule has 108 valence electrons. The summed E-state index contributed by atoms with van der Waals surface area (Å²) in [4.78, 5) is 16.3. The average Bonchev–Trinajstić information content (AvgIpc) is 2.46. The van der Waals surface area contributed by atoms with Crippen LogP contribution < -0.4 is 4.90 Å². The van der Waals surface area contributed by atoms with E-state index >= 15 is 0 Å². The van der Waals surface area contributed by atoms with Crippen LogP contribution >= 0.6 is 0 Å². The van der Waals surface area contributed by atoms with Crippen LogP contribution in [-0.2, 0) is 0 Å². The number of rotatable bonds is 2. The molecule has 0 spiro atoms. The van der Waals surface area contributed by atoms with Crippen LogP contribution in [0.5, 0.6) is 5.75 Å². The molecule has 0 bridgehead atoms. The summed E-state index contributed by atoms with van der Waals surface area (Å²) in [6, 6.07) is 6.07. The van der Waals surface area contributed by atoms with Crippen LogP contribution in [0.15, 0.2) is 18.2 Å². The predicted octanol–water partition coefficient (Wildman–Crippen LogP) is 2.27. The van der Waals surface area contributed by atoms with E-state index in [1.165, 1.54) is 32.7 Å². The van der Waals surface area contributed by atoms with E-state index < -0.39 is 0 Å². The van der Waals surface area contributed by atoms with Gasteiger partial charge in [-0.25, -0.2) is 0 Å². The largest absolute Gasteiger partial charge is 0.507 e. The van der Waals surface area contributed by atoms with Crippen molar-refractivity contribution in [2.45, 2.75) is 32.2 Å². The zero-order valence-electron chi connectivity index (χ0n) is 12.0. The van der Waals surface area contributed by atoms with Gasteiger partial charge in [-0.3, -0.25) is 9.69 Å². The molecule has 0 radical (unpaired) electrons. The molecule has 0 aliphatic carbocycles. The predicted molar refractivity (Wildman–Crippen MR) is 79.5 cm³/mol. The molecule has 1 aromatic rings. The van der Waals surface area contributed by atoms with Gasteiger partial charge in [-0.05, 0) is 38.4 Å². The van der Waals surface area contributed by atoms with Gasteiger partial charge < -0.3 is 10.0 Å². The first-order valence-corrected chi connectivity index (χ1v) is 7.48. The van der Waals surface area contributed by atoms with Crippen LogP contribution in [-0.4, -0.2) is 48.0 Å². The van der Waals surface area contributed by atoms with Crippen molar-refractivity contribution in [1.82, 2.24) is 4.90 Å². The lowest BCUT2D eigenvalue weighted by atomic mass is 9.99. The fraction of sp³-hybridized carbons (Fsp3) is 0.562. The van der Waals surface area contributed by atoms with E-state index in [0.717, 1.165) is 25.3 Å². The molecule has 20 heavy (non-hydrogen) atoms. The first-order valence-electron chi connectivity index (χ1n) is 7.48. The van der Waals surface area contributed by atoms with Crippen molar-refractivity contribution >= 4 is 11.5 Å². The van der Waals surface area contributed by atoms with E-state index in [1.54, 1.807) is 12.1 Å². The topological polar surface area (TPSA) is 43.8 Å². The Morgan fingerprint density at radius 2 is 2.10 bits per heavy atom. The first kappa shape index (κ1) is 13.4. The molecule has 1 aromatic carbocycles. The molecule has 1 N–H and O–H groups in total. The third-order valence-corrected chi connectivity index (χ3v) is 4.56. The molecule has 1 atom stereocenters. The van der Waals surface area contributed by atoms with E-state index in [9.17, 15) is 9.90 Å². The summed E-state index contributed by atoms with van der Waals surface area (Å²) < 4.78 is 0. The van der Waals surface area contributed by atoms with Crippen LogP contribution in [0.3, 0.4) is 0 Å². The molecule has 0 amide bonds. The molecule has 0 saturated carbocycles. The normalized spacial score (nSPS) is 23.4. The molecular weight excluding hydrogens is 252 g/mol. The summed E-state index contributed by atoms with van der Waals surface area (Å²) in [5.41, 5.74) is 1.43. The quantitative estimate of drug-likeness (QED) is 0.840. The summed E-state index contributed by atoms with van der Waals surface area (Å²) in [7, 11) is 0. The Balaban J connectivity index is 1.76. The number of carbonyl (C=O) groups is 1. The zero-order chi connectivity index (χ0) is 14.1. The minimum atomic E-state index is -0.0915. The summed E-state index contributed by atoms with van der Waals surface area (Å²) in [6.45, 7) is 5.83. The SMILES string of the molecule is CC(=O)c1ccc(N2CCN3CCCCC3C2)cc1O. The maximum atomic E-state index is 11.4. The highest BCUT2D eigenvalue weighted by atomic mass is 16.3. The van der Waals surface area contributed by atoms with E-state index in [-0.39, 0.29) is 11.5 Å². The van der Waals surface area contributed by atoms with Gasteiger partial charge in [0.1, 0.15) is 5.75 Å². The number of ketones is 1. The minimum Gasteiger partial charge on any atom is -0.507 e. The van der Waals surface area contributed by atoms with E-state index in [1.807, 2.05) is 6.07 Å². The Bertz CT molecular complexity index is 515. The van der Waals surface area contributed by atoms with Crippen LogP contribution in [0.1, 0.15) is 36.5 Å². The molecule has 2 aliphatic heterocycles. The fourth-order valence-electron chi connectivity index (χ4n) is 3.40. The Morgan fingerprint density at radius 3 is 2.85 bits per heavy atom. The molecule has 1 unspecified atom stereocenters. The van der Waals surface area contributed by atoms with Crippen LogP contribution in [0.4, 0.5) is 5.69 Å². The van der Waals surface area contributed by atoms with Gasteiger partial charge in [-0.1, -0.05) is 6.42 Å². The fourth-order valence-corrected chi connectivity index (χ4v) is 3.40. The van der Waals surface area contributed by atoms with E-state index in [4.69, 9.17) is 0 Å².